The Balaban J connectivity index is 1.57. The van der Waals surface area contributed by atoms with Crippen molar-refractivity contribution >= 4 is 5.95 Å². The zero-order valence-corrected chi connectivity index (χ0v) is 14.8. The van der Waals surface area contributed by atoms with Crippen LogP contribution in [0.1, 0.15) is 67.5 Å². The highest BCUT2D eigenvalue weighted by Crippen LogP contribution is 2.36. The van der Waals surface area contributed by atoms with Crippen LogP contribution >= 0.6 is 0 Å². The first-order valence-electron chi connectivity index (χ1n) is 9.02. The molecule has 0 spiro atoms. The molecular weight excluding hydrogens is 298 g/mol. The Morgan fingerprint density at radius 3 is 2.71 bits per heavy atom. The van der Waals surface area contributed by atoms with E-state index in [0.29, 0.717) is 11.8 Å². The van der Waals surface area contributed by atoms with E-state index in [1.54, 1.807) is 0 Å². The summed E-state index contributed by atoms with van der Waals surface area (Å²) >= 11 is 0. The van der Waals surface area contributed by atoms with Gasteiger partial charge in [0.15, 0.2) is 0 Å². The second-order valence-electron chi connectivity index (χ2n) is 7.57. The third-order valence-electron chi connectivity index (χ3n) is 4.97. The maximum atomic E-state index is 4.86. The van der Waals surface area contributed by atoms with E-state index in [-0.39, 0.29) is 0 Å². The van der Waals surface area contributed by atoms with Gasteiger partial charge in [0, 0.05) is 42.0 Å². The number of hydrogen-bond donors (Lipinski definition) is 0. The lowest BCUT2D eigenvalue weighted by atomic mass is 9.83. The fourth-order valence-corrected chi connectivity index (χ4v) is 3.43. The van der Waals surface area contributed by atoms with Crippen LogP contribution in [-0.4, -0.2) is 19.9 Å². The molecule has 0 atom stereocenters. The van der Waals surface area contributed by atoms with Crippen molar-refractivity contribution in [3.05, 3.63) is 40.7 Å². The fourth-order valence-electron chi connectivity index (χ4n) is 3.43. The number of nitrogens with zero attached hydrogens (tertiary/aromatic N) is 5. The average Bonchev–Trinajstić information content (AvgIpc) is 2.87. The standard InChI is InChI=1S/C19H25N5/c1-12(2)7-18-20-9-15-10-24(11-17(15)22-18)19-21-13(3)8-16(23-19)14-5-4-6-14/h8-9,12,14H,4-7,10-11H2,1-3H3. The molecule has 0 bridgehead atoms. The molecule has 1 aliphatic heterocycles. The molecule has 0 radical (unpaired) electrons. The lowest BCUT2D eigenvalue weighted by Crippen LogP contribution is -2.20. The van der Waals surface area contributed by atoms with Crippen molar-refractivity contribution in [2.24, 2.45) is 5.92 Å². The molecule has 126 valence electrons. The second kappa shape index (κ2) is 6.11. The van der Waals surface area contributed by atoms with Gasteiger partial charge < -0.3 is 4.90 Å². The molecule has 2 aromatic rings. The Morgan fingerprint density at radius 1 is 1.17 bits per heavy atom. The largest absolute Gasteiger partial charge is 0.330 e. The zero-order valence-electron chi connectivity index (χ0n) is 14.8. The smallest absolute Gasteiger partial charge is 0.226 e. The van der Waals surface area contributed by atoms with Crippen molar-refractivity contribution in [2.75, 3.05) is 4.90 Å². The fraction of sp³-hybridized carbons (Fsp3) is 0.579. The van der Waals surface area contributed by atoms with Crippen LogP contribution in [0.25, 0.3) is 0 Å². The van der Waals surface area contributed by atoms with Gasteiger partial charge >= 0.3 is 0 Å². The minimum absolute atomic E-state index is 0.575. The third-order valence-corrected chi connectivity index (χ3v) is 4.97. The summed E-state index contributed by atoms with van der Waals surface area (Å²) in [5.41, 5.74) is 4.62. The number of anilines is 1. The first-order valence-corrected chi connectivity index (χ1v) is 9.02. The number of aromatic nitrogens is 4. The molecule has 24 heavy (non-hydrogen) atoms. The van der Waals surface area contributed by atoms with Gasteiger partial charge in [-0.3, -0.25) is 0 Å². The van der Waals surface area contributed by atoms with Gasteiger partial charge in [0.25, 0.3) is 0 Å². The van der Waals surface area contributed by atoms with E-state index in [2.05, 4.69) is 41.7 Å². The molecule has 2 aliphatic rings. The monoisotopic (exact) mass is 323 g/mol. The van der Waals surface area contributed by atoms with Gasteiger partial charge in [0.05, 0.1) is 12.2 Å². The topological polar surface area (TPSA) is 54.8 Å². The Labute approximate surface area is 143 Å². The first kappa shape index (κ1) is 15.5. The van der Waals surface area contributed by atoms with E-state index in [4.69, 9.17) is 9.97 Å². The molecule has 0 amide bonds. The van der Waals surface area contributed by atoms with Crippen molar-refractivity contribution < 1.29 is 0 Å². The molecule has 2 aromatic heterocycles. The number of fused-ring (bicyclic) bond motifs is 1. The SMILES string of the molecule is Cc1cc(C2CCC2)nc(N2Cc3cnc(CC(C)C)nc3C2)n1. The highest BCUT2D eigenvalue weighted by atomic mass is 15.3. The van der Waals surface area contributed by atoms with Gasteiger partial charge in [-0.25, -0.2) is 19.9 Å². The van der Waals surface area contributed by atoms with E-state index < -0.39 is 0 Å². The van der Waals surface area contributed by atoms with E-state index in [1.165, 1.54) is 30.5 Å². The second-order valence-corrected chi connectivity index (χ2v) is 7.57. The molecule has 1 saturated carbocycles. The summed E-state index contributed by atoms with van der Waals surface area (Å²) in [6.45, 7) is 8.06. The summed E-state index contributed by atoms with van der Waals surface area (Å²) in [5.74, 6) is 3.00. The van der Waals surface area contributed by atoms with Gasteiger partial charge in [0.2, 0.25) is 5.95 Å². The minimum atomic E-state index is 0.575. The first-order chi connectivity index (χ1) is 11.6. The predicted molar refractivity (Wildman–Crippen MR) is 93.8 cm³/mol. The maximum absolute atomic E-state index is 4.86. The van der Waals surface area contributed by atoms with Crippen molar-refractivity contribution in [3.63, 3.8) is 0 Å². The van der Waals surface area contributed by atoms with Crippen molar-refractivity contribution in [3.8, 4) is 0 Å². The van der Waals surface area contributed by atoms with Crippen LogP contribution in [0.4, 0.5) is 5.95 Å². The molecule has 0 N–H and O–H groups in total. The van der Waals surface area contributed by atoms with Crippen LogP contribution in [0.2, 0.25) is 0 Å². The van der Waals surface area contributed by atoms with Crippen molar-refractivity contribution in [2.45, 2.75) is 65.5 Å². The van der Waals surface area contributed by atoms with Gasteiger partial charge in [-0.15, -0.1) is 0 Å². The van der Waals surface area contributed by atoms with E-state index >= 15 is 0 Å². The summed E-state index contributed by atoms with van der Waals surface area (Å²) in [6.07, 6.45) is 6.77. The lowest BCUT2D eigenvalue weighted by molar-refractivity contribution is 0.410. The Hall–Kier alpha value is -2.04. The van der Waals surface area contributed by atoms with Crippen LogP contribution in [0, 0.1) is 12.8 Å². The molecule has 1 aliphatic carbocycles. The predicted octanol–water partition coefficient (Wildman–Crippen LogP) is 3.56. The lowest BCUT2D eigenvalue weighted by Gasteiger charge is -2.26. The van der Waals surface area contributed by atoms with Crippen LogP contribution in [0.3, 0.4) is 0 Å². The summed E-state index contributed by atoms with van der Waals surface area (Å²) in [5, 5.41) is 0. The van der Waals surface area contributed by atoms with Gasteiger partial charge in [-0.1, -0.05) is 20.3 Å². The Morgan fingerprint density at radius 2 is 2.00 bits per heavy atom. The summed E-state index contributed by atoms with van der Waals surface area (Å²) in [6, 6.07) is 2.15. The molecule has 1 fully saturated rings. The number of aryl methyl sites for hydroxylation is 1. The molecule has 0 unspecified atom stereocenters. The van der Waals surface area contributed by atoms with Crippen molar-refractivity contribution in [1.82, 2.24) is 19.9 Å². The third kappa shape index (κ3) is 2.99. The molecule has 4 rings (SSSR count). The molecule has 5 nitrogen and oxygen atoms in total. The molecular formula is C19H25N5. The van der Waals surface area contributed by atoms with E-state index in [9.17, 15) is 0 Å². The van der Waals surface area contributed by atoms with Gasteiger partial charge in [-0.2, -0.15) is 0 Å². The normalized spacial score (nSPS) is 17.2. The molecule has 0 aromatic carbocycles. The quantitative estimate of drug-likeness (QED) is 0.861. The van der Waals surface area contributed by atoms with E-state index in [1.807, 2.05) is 6.20 Å². The Kier molecular flexibility index (Phi) is 3.94. The average molecular weight is 323 g/mol. The van der Waals surface area contributed by atoms with Gasteiger partial charge in [-0.05, 0) is 31.7 Å². The minimum Gasteiger partial charge on any atom is -0.330 e. The highest BCUT2D eigenvalue weighted by Gasteiger charge is 2.26. The number of rotatable bonds is 4. The molecule has 5 heteroatoms. The molecule has 3 heterocycles. The number of hydrogen-bond acceptors (Lipinski definition) is 5. The van der Waals surface area contributed by atoms with Crippen molar-refractivity contribution in [1.29, 1.82) is 0 Å². The highest BCUT2D eigenvalue weighted by molar-refractivity contribution is 5.41. The van der Waals surface area contributed by atoms with Gasteiger partial charge in [0.1, 0.15) is 5.82 Å². The summed E-state index contributed by atoms with van der Waals surface area (Å²) in [7, 11) is 0. The van der Waals surface area contributed by atoms with Crippen LogP contribution in [0.5, 0.6) is 0 Å². The van der Waals surface area contributed by atoms with Crippen LogP contribution in [-0.2, 0) is 19.5 Å². The maximum Gasteiger partial charge on any atom is 0.226 e. The van der Waals surface area contributed by atoms with Crippen LogP contribution in [0.15, 0.2) is 12.3 Å². The van der Waals surface area contributed by atoms with Crippen LogP contribution < -0.4 is 4.90 Å². The zero-order chi connectivity index (χ0) is 16.7. The Bertz CT molecular complexity index is 751. The van der Waals surface area contributed by atoms with E-state index in [0.717, 1.165) is 42.7 Å². The summed E-state index contributed by atoms with van der Waals surface area (Å²) < 4.78 is 0. The summed E-state index contributed by atoms with van der Waals surface area (Å²) in [4.78, 5) is 21.1. The molecule has 0 saturated heterocycles.